The first-order valence-electron chi connectivity index (χ1n) is 6.57. The second-order valence-corrected chi connectivity index (χ2v) is 4.80. The van der Waals surface area contributed by atoms with Crippen molar-refractivity contribution in [1.82, 2.24) is 4.57 Å². The predicted molar refractivity (Wildman–Crippen MR) is 80.4 cm³/mol. The summed E-state index contributed by atoms with van der Waals surface area (Å²) >= 11 is 0. The molecule has 22 heavy (non-hydrogen) atoms. The minimum Gasteiger partial charge on any atom is -0.497 e. The maximum Gasteiger partial charge on any atom is 0.339 e. The SMILES string of the molecule is COC(=O)c1cc(-c2ccc(OC)cc2C(=O)O)n(C)c1C. The van der Waals surface area contributed by atoms with E-state index in [0.29, 0.717) is 28.3 Å². The van der Waals surface area contributed by atoms with Gasteiger partial charge in [-0.05, 0) is 31.2 Å². The van der Waals surface area contributed by atoms with Crippen molar-refractivity contribution in [2.45, 2.75) is 6.92 Å². The molecule has 1 aromatic heterocycles. The molecule has 116 valence electrons. The predicted octanol–water partition coefficient (Wildman–Crippen LogP) is 2.49. The molecule has 0 atom stereocenters. The van der Waals surface area contributed by atoms with Gasteiger partial charge in [-0.3, -0.25) is 0 Å². The largest absolute Gasteiger partial charge is 0.497 e. The monoisotopic (exact) mass is 303 g/mol. The molecule has 0 aliphatic carbocycles. The fraction of sp³-hybridized carbons (Fsp3) is 0.250. The summed E-state index contributed by atoms with van der Waals surface area (Å²) in [6.45, 7) is 1.78. The summed E-state index contributed by atoms with van der Waals surface area (Å²) in [7, 11) is 4.56. The lowest BCUT2D eigenvalue weighted by molar-refractivity contribution is 0.0599. The molecule has 6 heteroatoms. The molecule has 0 saturated carbocycles. The van der Waals surface area contributed by atoms with Crippen molar-refractivity contribution in [2.75, 3.05) is 14.2 Å². The number of carboxylic acid groups (broad SMARTS) is 1. The maximum atomic E-state index is 11.8. The molecule has 0 spiro atoms. The van der Waals surface area contributed by atoms with E-state index in [4.69, 9.17) is 9.47 Å². The van der Waals surface area contributed by atoms with Crippen LogP contribution in [0, 0.1) is 6.92 Å². The number of ether oxygens (including phenoxy) is 2. The molecule has 2 aromatic rings. The standard InChI is InChI=1S/C16H17NO5/c1-9-12(16(20)22-4)8-14(17(9)2)11-6-5-10(21-3)7-13(11)15(18)19/h5-8H,1-4H3,(H,18,19). The zero-order valence-corrected chi connectivity index (χ0v) is 12.8. The van der Waals surface area contributed by atoms with Crippen molar-refractivity contribution in [3.05, 3.63) is 41.1 Å². The normalized spacial score (nSPS) is 10.4. The summed E-state index contributed by atoms with van der Waals surface area (Å²) in [5.74, 6) is -1.06. The van der Waals surface area contributed by atoms with E-state index in [1.165, 1.54) is 20.3 Å². The third-order valence-electron chi connectivity index (χ3n) is 3.67. The number of aromatic nitrogens is 1. The molecule has 1 aromatic carbocycles. The number of hydrogen-bond acceptors (Lipinski definition) is 4. The molecule has 0 unspecified atom stereocenters. The molecule has 0 saturated heterocycles. The molecule has 0 radical (unpaired) electrons. The Hall–Kier alpha value is -2.76. The summed E-state index contributed by atoms with van der Waals surface area (Å²) < 4.78 is 11.6. The minimum absolute atomic E-state index is 0.108. The van der Waals surface area contributed by atoms with E-state index >= 15 is 0 Å². The smallest absolute Gasteiger partial charge is 0.339 e. The molecule has 0 aliphatic heterocycles. The average Bonchev–Trinajstić information content (AvgIpc) is 2.82. The van der Waals surface area contributed by atoms with Crippen LogP contribution in [0.25, 0.3) is 11.3 Å². The number of carbonyl (C=O) groups excluding carboxylic acids is 1. The highest BCUT2D eigenvalue weighted by molar-refractivity contribution is 5.98. The van der Waals surface area contributed by atoms with E-state index < -0.39 is 11.9 Å². The molecule has 1 heterocycles. The Labute approximate surface area is 127 Å². The number of nitrogens with zero attached hydrogens (tertiary/aromatic N) is 1. The van der Waals surface area contributed by atoms with Crippen molar-refractivity contribution in [2.24, 2.45) is 7.05 Å². The van der Waals surface area contributed by atoms with Gasteiger partial charge in [-0.25, -0.2) is 9.59 Å². The Morgan fingerprint density at radius 2 is 1.82 bits per heavy atom. The lowest BCUT2D eigenvalue weighted by Crippen LogP contribution is -2.04. The van der Waals surface area contributed by atoms with Gasteiger partial charge in [-0.2, -0.15) is 0 Å². The second kappa shape index (κ2) is 5.93. The first-order valence-corrected chi connectivity index (χ1v) is 6.57. The lowest BCUT2D eigenvalue weighted by Gasteiger charge is -2.10. The Morgan fingerprint density at radius 3 is 2.36 bits per heavy atom. The zero-order valence-electron chi connectivity index (χ0n) is 12.8. The number of carbonyl (C=O) groups is 2. The van der Waals surface area contributed by atoms with Crippen LogP contribution in [0.15, 0.2) is 24.3 Å². The van der Waals surface area contributed by atoms with E-state index in [9.17, 15) is 14.7 Å². The molecule has 0 bridgehead atoms. The van der Waals surface area contributed by atoms with Gasteiger partial charge in [0.2, 0.25) is 0 Å². The summed E-state index contributed by atoms with van der Waals surface area (Å²) in [6.07, 6.45) is 0. The van der Waals surface area contributed by atoms with Crippen LogP contribution in [-0.2, 0) is 11.8 Å². The molecule has 0 amide bonds. The number of methoxy groups -OCH3 is 2. The third-order valence-corrected chi connectivity index (χ3v) is 3.67. The van der Waals surface area contributed by atoms with Gasteiger partial charge in [0.1, 0.15) is 5.75 Å². The van der Waals surface area contributed by atoms with Crippen molar-refractivity contribution < 1.29 is 24.2 Å². The molecule has 2 rings (SSSR count). The minimum atomic E-state index is -1.06. The first kappa shape index (κ1) is 15.6. The van der Waals surface area contributed by atoms with Crippen molar-refractivity contribution in [3.63, 3.8) is 0 Å². The number of hydrogen-bond donors (Lipinski definition) is 1. The fourth-order valence-corrected chi connectivity index (χ4v) is 2.32. The maximum absolute atomic E-state index is 11.8. The number of benzene rings is 1. The second-order valence-electron chi connectivity index (χ2n) is 4.80. The summed E-state index contributed by atoms with van der Waals surface area (Å²) in [4.78, 5) is 23.3. The molecule has 1 N–H and O–H groups in total. The lowest BCUT2D eigenvalue weighted by atomic mass is 10.0. The van der Waals surface area contributed by atoms with Crippen LogP contribution in [0.4, 0.5) is 0 Å². The van der Waals surface area contributed by atoms with Crippen molar-refractivity contribution >= 4 is 11.9 Å². The van der Waals surface area contributed by atoms with E-state index in [2.05, 4.69) is 0 Å². The van der Waals surface area contributed by atoms with Gasteiger partial charge in [0.25, 0.3) is 0 Å². The topological polar surface area (TPSA) is 77.8 Å². The third kappa shape index (κ3) is 2.55. The average molecular weight is 303 g/mol. The fourth-order valence-electron chi connectivity index (χ4n) is 2.32. The van der Waals surface area contributed by atoms with E-state index in [0.717, 1.165) is 0 Å². The summed E-state index contributed by atoms with van der Waals surface area (Å²) in [5, 5.41) is 9.41. The van der Waals surface area contributed by atoms with E-state index in [1.54, 1.807) is 36.7 Å². The Balaban J connectivity index is 2.67. The molecule has 0 aliphatic rings. The van der Waals surface area contributed by atoms with Crippen LogP contribution in [0.5, 0.6) is 5.75 Å². The number of aromatic carboxylic acids is 1. The molecular formula is C16H17NO5. The van der Waals surface area contributed by atoms with Crippen LogP contribution >= 0.6 is 0 Å². The molecule has 0 fully saturated rings. The first-order chi connectivity index (χ1) is 10.4. The highest BCUT2D eigenvalue weighted by Gasteiger charge is 2.21. The van der Waals surface area contributed by atoms with Gasteiger partial charge < -0.3 is 19.1 Å². The highest BCUT2D eigenvalue weighted by atomic mass is 16.5. The van der Waals surface area contributed by atoms with E-state index in [-0.39, 0.29) is 5.56 Å². The van der Waals surface area contributed by atoms with Crippen LogP contribution in [0.1, 0.15) is 26.4 Å². The van der Waals surface area contributed by atoms with Crippen LogP contribution in [0.3, 0.4) is 0 Å². The van der Waals surface area contributed by atoms with Gasteiger partial charge in [0.15, 0.2) is 0 Å². The number of carboxylic acids is 1. The van der Waals surface area contributed by atoms with Gasteiger partial charge >= 0.3 is 11.9 Å². The summed E-state index contributed by atoms with van der Waals surface area (Å²) in [5.41, 5.74) is 2.35. The molecular weight excluding hydrogens is 286 g/mol. The quantitative estimate of drug-likeness (QED) is 0.878. The van der Waals surface area contributed by atoms with Crippen LogP contribution < -0.4 is 4.74 Å². The number of esters is 1. The van der Waals surface area contributed by atoms with E-state index in [1.807, 2.05) is 0 Å². The Bertz CT molecular complexity index is 745. The van der Waals surface area contributed by atoms with Crippen LogP contribution in [-0.4, -0.2) is 35.8 Å². The highest BCUT2D eigenvalue weighted by Crippen LogP contribution is 2.30. The summed E-state index contributed by atoms with van der Waals surface area (Å²) in [6, 6.07) is 6.44. The van der Waals surface area contributed by atoms with Gasteiger partial charge in [-0.15, -0.1) is 0 Å². The zero-order chi connectivity index (χ0) is 16.4. The Morgan fingerprint density at radius 1 is 1.14 bits per heavy atom. The van der Waals surface area contributed by atoms with Crippen molar-refractivity contribution in [3.8, 4) is 17.0 Å². The van der Waals surface area contributed by atoms with Crippen molar-refractivity contribution in [1.29, 1.82) is 0 Å². The van der Waals surface area contributed by atoms with Gasteiger partial charge in [0.05, 0.1) is 25.3 Å². The van der Waals surface area contributed by atoms with Gasteiger partial charge in [-0.1, -0.05) is 0 Å². The molecule has 6 nitrogen and oxygen atoms in total. The Kier molecular flexibility index (Phi) is 4.21. The van der Waals surface area contributed by atoms with Gasteiger partial charge in [0, 0.05) is 24.0 Å². The van der Waals surface area contributed by atoms with Crippen LogP contribution in [0.2, 0.25) is 0 Å². The number of rotatable bonds is 4.